The highest BCUT2D eigenvalue weighted by Crippen LogP contribution is 2.32. The van der Waals surface area contributed by atoms with Gasteiger partial charge in [-0.1, -0.05) is 54.1 Å². The Kier molecular flexibility index (Phi) is 4.52. The molecule has 0 radical (unpaired) electrons. The lowest BCUT2D eigenvalue weighted by Crippen LogP contribution is -2.06. The molecule has 0 spiro atoms. The van der Waals surface area contributed by atoms with Gasteiger partial charge in [0.2, 0.25) is 0 Å². The standard InChI is InChI=1S/C21H18ClN5/c1-13-9-10-15(22)11-18(13)27-21-19(23)20(24-12-25-21)26-17-8-4-6-14-5-2-3-7-16(14)17/h2-12H,23H2,1H3,(H2,24,25,26,27). The van der Waals surface area contributed by atoms with E-state index in [4.69, 9.17) is 17.3 Å². The van der Waals surface area contributed by atoms with E-state index in [2.05, 4.69) is 38.8 Å². The Morgan fingerprint density at radius 2 is 1.56 bits per heavy atom. The van der Waals surface area contributed by atoms with Gasteiger partial charge < -0.3 is 16.4 Å². The van der Waals surface area contributed by atoms with Crippen molar-refractivity contribution in [1.29, 1.82) is 0 Å². The molecule has 0 amide bonds. The molecule has 6 heteroatoms. The molecule has 4 rings (SSSR count). The van der Waals surface area contributed by atoms with Gasteiger partial charge in [0.05, 0.1) is 0 Å². The zero-order valence-electron chi connectivity index (χ0n) is 14.7. The fourth-order valence-corrected chi connectivity index (χ4v) is 3.09. The fraction of sp³-hybridized carbons (Fsp3) is 0.0476. The molecule has 27 heavy (non-hydrogen) atoms. The Morgan fingerprint density at radius 1 is 0.852 bits per heavy atom. The molecule has 0 aliphatic carbocycles. The van der Waals surface area contributed by atoms with Gasteiger partial charge in [0, 0.05) is 21.8 Å². The zero-order chi connectivity index (χ0) is 18.8. The minimum Gasteiger partial charge on any atom is -0.393 e. The Morgan fingerprint density at radius 3 is 2.37 bits per heavy atom. The topological polar surface area (TPSA) is 75.9 Å². The maximum atomic E-state index is 6.33. The van der Waals surface area contributed by atoms with Crippen LogP contribution in [0.3, 0.4) is 0 Å². The van der Waals surface area contributed by atoms with Gasteiger partial charge >= 0.3 is 0 Å². The number of nitrogens with two attached hydrogens (primary N) is 1. The van der Waals surface area contributed by atoms with Gasteiger partial charge in [-0.25, -0.2) is 9.97 Å². The summed E-state index contributed by atoms with van der Waals surface area (Å²) in [5, 5.41) is 9.45. The van der Waals surface area contributed by atoms with Gasteiger partial charge in [-0.3, -0.25) is 0 Å². The number of rotatable bonds is 4. The molecule has 0 fully saturated rings. The number of anilines is 5. The summed E-state index contributed by atoms with van der Waals surface area (Å²) in [6.07, 6.45) is 1.48. The van der Waals surface area contributed by atoms with Crippen LogP contribution in [0.5, 0.6) is 0 Å². The lowest BCUT2D eigenvalue weighted by molar-refractivity contribution is 1.17. The van der Waals surface area contributed by atoms with E-state index in [1.54, 1.807) is 0 Å². The van der Waals surface area contributed by atoms with Crippen molar-refractivity contribution >= 4 is 51.1 Å². The largest absolute Gasteiger partial charge is 0.393 e. The Hall–Kier alpha value is -3.31. The van der Waals surface area contributed by atoms with E-state index in [1.807, 2.05) is 49.4 Å². The molecule has 1 heterocycles. The summed E-state index contributed by atoms with van der Waals surface area (Å²) in [6, 6.07) is 19.8. The lowest BCUT2D eigenvalue weighted by atomic mass is 10.1. The van der Waals surface area contributed by atoms with Crippen molar-refractivity contribution in [3.63, 3.8) is 0 Å². The monoisotopic (exact) mass is 375 g/mol. The smallest absolute Gasteiger partial charge is 0.159 e. The number of fused-ring (bicyclic) bond motifs is 1. The Balaban J connectivity index is 1.69. The first-order valence-electron chi connectivity index (χ1n) is 8.50. The van der Waals surface area contributed by atoms with E-state index in [0.717, 1.165) is 27.7 Å². The van der Waals surface area contributed by atoms with E-state index in [0.29, 0.717) is 22.3 Å². The number of nitrogen functional groups attached to an aromatic ring is 1. The van der Waals surface area contributed by atoms with Crippen LogP contribution >= 0.6 is 11.6 Å². The highest BCUT2D eigenvalue weighted by atomic mass is 35.5. The van der Waals surface area contributed by atoms with Gasteiger partial charge in [0.25, 0.3) is 0 Å². The van der Waals surface area contributed by atoms with Crippen LogP contribution in [-0.2, 0) is 0 Å². The zero-order valence-corrected chi connectivity index (χ0v) is 15.5. The molecular weight excluding hydrogens is 358 g/mol. The first kappa shape index (κ1) is 17.1. The van der Waals surface area contributed by atoms with E-state index in [-0.39, 0.29) is 0 Å². The van der Waals surface area contributed by atoms with Crippen molar-refractivity contribution in [3.8, 4) is 0 Å². The average Bonchev–Trinajstić information content (AvgIpc) is 2.68. The molecule has 134 valence electrons. The summed E-state index contributed by atoms with van der Waals surface area (Å²) in [5.74, 6) is 1.07. The van der Waals surface area contributed by atoms with Gasteiger partial charge in [-0.05, 0) is 36.1 Å². The minimum atomic E-state index is 0.435. The number of aromatic nitrogens is 2. The molecule has 0 saturated carbocycles. The maximum Gasteiger partial charge on any atom is 0.159 e. The highest BCUT2D eigenvalue weighted by Gasteiger charge is 2.11. The van der Waals surface area contributed by atoms with Gasteiger partial charge in [0.15, 0.2) is 11.6 Å². The number of aryl methyl sites for hydroxylation is 1. The molecule has 0 aliphatic rings. The molecule has 4 N–H and O–H groups in total. The highest BCUT2D eigenvalue weighted by molar-refractivity contribution is 6.30. The average molecular weight is 376 g/mol. The number of nitrogens with one attached hydrogen (secondary N) is 2. The van der Waals surface area contributed by atoms with E-state index in [9.17, 15) is 0 Å². The van der Waals surface area contributed by atoms with Crippen LogP contribution in [0.15, 0.2) is 67.0 Å². The van der Waals surface area contributed by atoms with Crippen molar-refractivity contribution in [2.75, 3.05) is 16.4 Å². The van der Waals surface area contributed by atoms with Crippen molar-refractivity contribution < 1.29 is 0 Å². The lowest BCUT2D eigenvalue weighted by Gasteiger charge is -2.15. The summed E-state index contributed by atoms with van der Waals surface area (Å²) in [6.45, 7) is 1.99. The van der Waals surface area contributed by atoms with Crippen molar-refractivity contribution in [3.05, 3.63) is 77.6 Å². The van der Waals surface area contributed by atoms with E-state index >= 15 is 0 Å². The Bertz CT molecular complexity index is 1120. The minimum absolute atomic E-state index is 0.435. The Labute approximate surface area is 162 Å². The normalized spacial score (nSPS) is 10.7. The van der Waals surface area contributed by atoms with Crippen LogP contribution in [0, 0.1) is 6.92 Å². The fourth-order valence-electron chi connectivity index (χ4n) is 2.91. The van der Waals surface area contributed by atoms with Crippen LogP contribution in [0.1, 0.15) is 5.56 Å². The molecule has 4 aromatic rings. The van der Waals surface area contributed by atoms with Crippen molar-refractivity contribution in [2.45, 2.75) is 6.92 Å². The second-order valence-corrected chi connectivity index (χ2v) is 6.66. The molecule has 0 aliphatic heterocycles. The summed E-state index contributed by atoms with van der Waals surface area (Å²) >= 11 is 6.10. The molecule has 0 unspecified atom stereocenters. The third-order valence-corrected chi connectivity index (χ3v) is 4.61. The first-order valence-corrected chi connectivity index (χ1v) is 8.88. The second kappa shape index (κ2) is 7.13. The number of hydrogen-bond donors (Lipinski definition) is 3. The SMILES string of the molecule is Cc1ccc(Cl)cc1Nc1ncnc(Nc2cccc3ccccc23)c1N. The van der Waals surface area contributed by atoms with E-state index < -0.39 is 0 Å². The van der Waals surface area contributed by atoms with Crippen LogP contribution < -0.4 is 16.4 Å². The maximum absolute atomic E-state index is 6.33. The van der Waals surface area contributed by atoms with Gasteiger partial charge in [-0.15, -0.1) is 0 Å². The number of nitrogens with zero attached hydrogens (tertiary/aromatic N) is 2. The second-order valence-electron chi connectivity index (χ2n) is 6.22. The molecule has 0 saturated heterocycles. The molecular formula is C21H18ClN5. The van der Waals surface area contributed by atoms with Gasteiger partial charge in [-0.2, -0.15) is 0 Å². The summed E-state index contributed by atoms with van der Waals surface area (Å²) < 4.78 is 0. The number of halogens is 1. The van der Waals surface area contributed by atoms with Gasteiger partial charge in [0.1, 0.15) is 12.0 Å². The van der Waals surface area contributed by atoms with Crippen LogP contribution in [0.2, 0.25) is 5.02 Å². The molecule has 3 aromatic carbocycles. The molecule has 5 nitrogen and oxygen atoms in total. The van der Waals surface area contributed by atoms with Crippen LogP contribution in [0.4, 0.5) is 28.7 Å². The van der Waals surface area contributed by atoms with Crippen LogP contribution in [-0.4, -0.2) is 9.97 Å². The van der Waals surface area contributed by atoms with E-state index in [1.165, 1.54) is 6.33 Å². The third kappa shape index (κ3) is 3.50. The number of hydrogen-bond acceptors (Lipinski definition) is 5. The molecule has 0 bridgehead atoms. The quantitative estimate of drug-likeness (QED) is 0.429. The third-order valence-electron chi connectivity index (χ3n) is 4.38. The predicted octanol–water partition coefficient (Wildman–Crippen LogP) is 5.66. The van der Waals surface area contributed by atoms with Crippen LogP contribution in [0.25, 0.3) is 10.8 Å². The summed E-state index contributed by atoms with van der Waals surface area (Å²) in [7, 11) is 0. The first-order chi connectivity index (χ1) is 13.1. The number of benzene rings is 3. The molecule has 0 atom stereocenters. The van der Waals surface area contributed by atoms with Crippen molar-refractivity contribution in [2.24, 2.45) is 0 Å². The van der Waals surface area contributed by atoms with Crippen molar-refractivity contribution in [1.82, 2.24) is 9.97 Å². The molecule has 1 aromatic heterocycles. The summed E-state index contributed by atoms with van der Waals surface area (Å²) in [4.78, 5) is 8.59. The predicted molar refractivity (Wildman–Crippen MR) is 113 cm³/mol. The summed E-state index contributed by atoms with van der Waals surface area (Å²) in [5.41, 5.74) is 9.59.